The van der Waals surface area contributed by atoms with Gasteiger partial charge in [0.05, 0.1) is 11.7 Å². The molecule has 0 aromatic heterocycles. The average molecular weight is 368 g/mol. The topological polar surface area (TPSA) is 41.6 Å². The monoisotopic (exact) mass is 368 g/mol. The number of carbonyl (C=O) groups excluding carboxylic acids is 1. The number of amides is 1. The molecule has 7 heteroatoms. The minimum Gasteiger partial charge on any atom is -0.370 e. The fraction of sp³-hybridized carbons (Fsp3) is 0.632. The molecule has 0 aliphatic carbocycles. The van der Waals surface area contributed by atoms with E-state index in [2.05, 4.69) is 10.2 Å². The van der Waals surface area contributed by atoms with Gasteiger partial charge in [-0.15, -0.1) is 0 Å². The summed E-state index contributed by atoms with van der Waals surface area (Å²) in [6.07, 6.45) is 2.54. The second-order valence-electron chi connectivity index (χ2n) is 7.72. The Hall–Kier alpha value is -1.60. The van der Waals surface area contributed by atoms with Crippen LogP contribution < -0.4 is 5.32 Å². The van der Waals surface area contributed by atoms with Crippen molar-refractivity contribution in [2.75, 3.05) is 19.6 Å². The first-order valence-corrected chi connectivity index (χ1v) is 9.22. The molecule has 0 saturated carbocycles. The number of halogens is 3. The predicted octanol–water partition coefficient (Wildman–Crippen LogP) is 2.61. The van der Waals surface area contributed by atoms with Crippen LogP contribution in [-0.2, 0) is 16.1 Å². The minimum absolute atomic E-state index is 0.0283. The van der Waals surface area contributed by atoms with Crippen molar-refractivity contribution in [3.63, 3.8) is 0 Å². The van der Waals surface area contributed by atoms with Crippen LogP contribution in [0.3, 0.4) is 0 Å². The van der Waals surface area contributed by atoms with Crippen LogP contribution in [0.4, 0.5) is 13.2 Å². The highest BCUT2D eigenvalue weighted by Gasteiger charge is 2.62. The summed E-state index contributed by atoms with van der Waals surface area (Å²) in [5.74, 6) is -2.38. The molecule has 1 aromatic carbocycles. The van der Waals surface area contributed by atoms with E-state index in [0.717, 1.165) is 18.9 Å². The van der Waals surface area contributed by atoms with Crippen molar-refractivity contribution in [1.29, 1.82) is 0 Å². The molecule has 4 atom stereocenters. The van der Waals surface area contributed by atoms with Crippen LogP contribution in [0.5, 0.6) is 0 Å². The Balaban J connectivity index is 1.46. The molecule has 0 unspecified atom stereocenters. The van der Waals surface area contributed by atoms with Gasteiger partial charge in [-0.25, -0.2) is 13.2 Å². The maximum atomic E-state index is 14.0. The number of nitrogens with one attached hydrogen (secondary N) is 1. The van der Waals surface area contributed by atoms with E-state index in [1.54, 1.807) is 0 Å². The van der Waals surface area contributed by atoms with Gasteiger partial charge in [0.2, 0.25) is 5.91 Å². The zero-order valence-corrected chi connectivity index (χ0v) is 14.7. The van der Waals surface area contributed by atoms with Crippen LogP contribution in [0, 0.1) is 29.3 Å². The molecule has 1 aromatic rings. The molecule has 4 rings (SSSR count). The lowest BCUT2D eigenvalue weighted by Gasteiger charge is -2.29. The summed E-state index contributed by atoms with van der Waals surface area (Å²) in [6.45, 7) is 4.01. The largest absolute Gasteiger partial charge is 0.370 e. The molecule has 1 N–H and O–H groups in total. The van der Waals surface area contributed by atoms with Gasteiger partial charge >= 0.3 is 0 Å². The van der Waals surface area contributed by atoms with E-state index < -0.39 is 17.5 Å². The minimum atomic E-state index is -1.17. The number of ether oxygens (including phenoxy) is 1. The Morgan fingerprint density at radius 2 is 2.08 bits per heavy atom. The third kappa shape index (κ3) is 2.91. The Morgan fingerprint density at radius 1 is 1.31 bits per heavy atom. The van der Waals surface area contributed by atoms with Crippen molar-refractivity contribution in [2.24, 2.45) is 11.8 Å². The molecule has 1 amide bonds. The van der Waals surface area contributed by atoms with Gasteiger partial charge in [-0.3, -0.25) is 9.69 Å². The van der Waals surface area contributed by atoms with Gasteiger partial charge < -0.3 is 10.1 Å². The molecule has 4 nitrogen and oxygen atoms in total. The number of benzene rings is 1. The zero-order chi connectivity index (χ0) is 18.5. The smallest absolute Gasteiger partial charge is 0.219 e. The molecular formula is C19H23F3N2O2. The van der Waals surface area contributed by atoms with Gasteiger partial charge in [0.25, 0.3) is 0 Å². The highest BCUT2D eigenvalue weighted by molar-refractivity contribution is 5.75. The fourth-order valence-corrected chi connectivity index (χ4v) is 4.96. The van der Waals surface area contributed by atoms with Crippen molar-refractivity contribution >= 4 is 5.91 Å². The summed E-state index contributed by atoms with van der Waals surface area (Å²) in [6, 6.07) is 1.54. The molecule has 26 heavy (non-hydrogen) atoms. The van der Waals surface area contributed by atoms with Crippen molar-refractivity contribution in [1.82, 2.24) is 10.2 Å². The molecule has 3 saturated heterocycles. The van der Waals surface area contributed by atoms with Crippen LogP contribution in [0.15, 0.2) is 12.1 Å². The molecular weight excluding hydrogens is 345 g/mol. The van der Waals surface area contributed by atoms with Crippen LogP contribution >= 0.6 is 0 Å². The van der Waals surface area contributed by atoms with Crippen LogP contribution in [0.1, 0.15) is 31.7 Å². The van der Waals surface area contributed by atoms with Crippen LogP contribution in [0.25, 0.3) is 0 Å². The second kappa shape index (κ2) is 6.53. The zero-order valence-electron chi connectivity index (χ0n) is 14.7. The number of hydrogen-bond acceptors (Lipinski definition) is 3. The summed E-state index contributed by atoms with van der Waals surface area (Å²) >= 11 is 0. The lowest BCUT2D eigenvalue weighted by Crippen LogP contribution is -2.41. The average Bonchev–Trinajstić information content (AvgIpc) is 3.25. The number of hydrogen-bond donors (Lipinski definition) is 1. The van der Waals surface area contributed by atoms with E-state index in [1.807, 2.05) is 6.92 Å². The molecule has 3 heterocycles. The number of rotatable bonds is 5. The van der Waals surface area contributed by atoms with Crippen molar-refractivity contribution in [3.8, 4) is 0 Å². The van der Waals surface area contributed by atoms with Gasteiger partial charge in [-0.2, -0.15) is 0 Å². The van der Waals surface area contributed by atoms with E-state index in [1.165, 1.54) is 0 Å². The van der Waals surface area contributed by atoms with Gasteiger partial charge in [-0.1, -0.05) is 6.92 Å². The Labute approximate surface area is 150 Å². The lowest BCUT2D eigenvalue weighted by atomic mass is 9.73. The summed E-state index contributed by atoms with van der Waals surface area (Å²) in [5.41, 5.74) is -0.0907. The van der Waals surface area contributed by atoms with Gasteiger partial charge in [0.15, 0.2) is 11.6 Å². The third-order valence-corrected chi connectivity index (χ3v) is 6.19. The normalized spacial score (nSPS) is 32.8. The molecule has 0 radical (unpaired) electrons. The second-order valence-corrected chi connectivity index (χ2v) is 7.72. The van der Waals surface area contributed by atoms with E-state index in [9.17, 15) is 18.0 Å². The highest BCUT2D eigenvalue weighted by atomic mass is 19.2. The first-order valence-electron chi connectivity index (χ1n) is 9.22. The highest BCUT2D eigenvalue weighted by Crippen LogP contribution is 2.54. The Kier molecular flexibility index (Phi) is 4.47. The SMILES string of the molecule is CCC(=O)NC[C@H]1[C@H]2CN(Cc3cc(F)c(F)cc3F)C[C@]23CC[C@H]1O3. The standard InChI is InChI=1S/C19H23F3N2O2/c1-2-18(25)23-7-12-13-9-24(10-19(13)4-3-17(12)26-19)8-11-5-15(21)16(22)6-14(11)20/h5-6,12-13,17H,2-4,7-10H2,1H3,(H,23,25)/t12-,13+,17+,19+/m0/s1. The van der Waals surface area contributed by atoms with Crippen LogP contribution in [-0.4, -0.2) is 42.1 Å². The number of nitrogens with zero attached hydrogens (tertiary/aromatic N) is 1. The summed E-state index contributed by atoms with van der Waals surface area (Å²) in [5, 5.41) is 2.97. The van der Waals surface area contributed by atoms with Crippen molar-refractivity contribution in [3.05, 3.63) is 35.1 Å². The van der Waals surface area contributed by atoms with Gasteiger partial charge in [-0.05, 0) is 18.9 Å². The molecule has 3 aliphatic heterocycles. The predicted molar refractivity (Wildman–Crippen MR) is 88.7 cm³/mol. The summed E-state index contributed by atoms with van der Waals surface area (Å²) in [7, 11) is 0. The first kappa shape index (κ1) is 17.8. The fourth-order valence-electron chi connectivity index (χ4n) is 4.96. The van der Waals surface area contributed by atoms with Crippen molar-refractivity contribution < 1.29 is 22.7 Å². The maximum absolute atomic E-state index is 14.0. The summed E-state index contributed by atoms with van der Waals surface area (Å²) < 4.78 is 46.8. The van der Waals surface area contributed by atoms with E-state index >= 15 is 0 Å². The van der Waals surface area contributed by atoms with E-state index in [4.69, 9.17) is 4.74 Å². The first-order chi connectivity index (χ1) is 12.4. The van der Waals surface area contributed by atoms with E-state index in [-0.39, 0.29) is 41.6 Å². The Morgan fingerprint density at radius 3 is 2.85 bits per heavy atom. The Bertz CT molecular complexity index is 729. The van der Waals surface area contributed by atoms with E-state index in [0.29, 0.717) is 32.1 Å². The number of fused-ring (bicyclic) bond motifs is 1. The quantitative estimate of drug-likeness (QED) is 0.813. The van der Waals surface area contributed by atoms with Crippen molar-refractivity contribution in [2.45, 2.75) is 44.4 Å². The molecule has 142 valence electrons. The number of carbonyl (C=O) groups is 1. The van der Waals surface area contributed by atoms with Gasteiger partial charge in [0, 0.05) is 56.1 Å². The van der Waals surface area contributed by atoms with Gasteiger partial charge in [0.1, 0.15) is 5.82 Å². The third-order valence-electron chi connectivity index (χ3n) is 6.19. The molecule has 3 fully saturated rings. The maximum Gasteiger partial charge on any atom is 0.219 e. The molecule has 1 spiro atoms. The molecule has 3 aliphatic rings. The van der Waals surface area contributed by atoms with Crippen LogP contribution in [0.2, 0.25) is 0 Å². The number of likely N-dealkylation sites (tertiary alicyclic amines) is 1. The molecule has 2 bridgehead atoms. The summed E-state index contributed by atoms with van der Waals surface area (Å²) in [4.78, 5) is 13.6. The lowest BCUT2D eigenvalue weighted by molar-refractivity contribution is -0.121.